The number of hydrogen-bond acceptors (Lipinski definition) is 9. The molecule has 284 valence electrons. The Kier molecular flexibility index (Phi) is 8.37. The summed E-state index contributed by atoms with van der Waals surface area (Å²) in [5, 5.41) is 16.6. The first-order valence-corrected chi connectivity index (χ1v) is 19.2. The lowest BCUT2D eigenvalue weighted by Gasteiger charge is -2.40. The SMILES string of the molecule is CCc1c(N2CCN(C(=O)c3ncnc(C)c3O)CC2)c(=O)n2nc(C3=CCC4(CC3)CC4)nc2n1CC(=O)Nc1ccc(S(F)(F)(F)(F)F)cc1Cl. The zero-order chi connectivity index (χ0) is 38.1. The smallest absolute Gasteiger partial charge is 0.310 e. The summed E-state index contributed by atoms with van der Waals surface area (Å²) in [5.41, 5.74) is 1.08. The van der Waals surface area contributed by atoms with Gasteiger partial charge in [-0.25, -0.2) is 9.97 Å². The van der Waals surface area contributed by atoms with Crippen LogP contribution in [0.5, 0.6) is 5.75 Å². The highest BCUT2D eigenvalue weighted by Gasteiger charge is 2.65. The first-order valence-electron chi connectivity index (χ1n) is 16.9. The zero-order valence-electron chi connectivity index (χ0n) is 28.6. The Morgan fingerprint density at radius 2 is 1.77 bits per heavy atom. The molecule has 2 fully saturated rings. The first kappa shape index (κ1) is 36.6. The molecular formula is C33H35ClF5N9O4S. The van der Waals surface area contributed by atoms with Crippen molar-refractivity contribution in [2.45, 2.75) is 63.8 Å². The molecule has 13 nitrogen and oxygen atoms in total. The number of hydrogen-bond donors (Lipinski definition) is 2. The Labute approximate surface area is 304 Å². The van der Waals surface area contributed by atoms with Gasteiger partial charge in [0, 0.05) is 26.2 Å². The van der Waals surface area contributed by atoms with Crippen molar-refractivity contribution >= 4 is 56.4 Å². The number of rotatable bonds is 8. The summed E-state index contributed by atoms with van der Waals surface area (Å²) in [7, 11) is -10.0. The lowest BCUT2D eigenvalue weighted by molar-refractivity contribution is -0.116. The number of halogens is 6. The zero-order valence-corrected chi connectivity index (χ0v) is 30.2. The standard InChI is InChI=1S/C33H35ClF5N9O4S/c1-3-24-27(45-12-14-46(15-13-45)30(51)26-28(50)19(2)40-18-41-26)31(52)48-32(43-29(44-48)20-6-8-33(9-7-20)10-11-33)47(24)17-25(49)42-23-5-4-21(16-22(23)34)53(35,36,37,38)39/h4-6,16,18,50H,3,7-15,17H2,1-2H3,(H,42,49). The number of nitrogens with zero attached hydrogens (tertiary/aromatic N) is 8. The van der Waals surface area contributed by atoms with Crippen LogP contribution in [0.4, 0.5) is 30.8 Å². The molecule has 3 aromatic heterocycles. The first-order chi connectivity index (χ1) is 24.8. The van der Waals surface area contributed by atoms with Crippen LogP contribution in [0.1, 0.15) is 66.7 Å². The van der Waals surface area contributed by atoms with Crippen LogP contribution in [0.25, 0.3) is 11.4 Å². The van der Waals surface area contributed by atoms with Gasteiger partial charge in [-0.05, 0) is 74.6 Å². The average Bonchev–Trinajstić information content (AvgIpc) is 3.69. The van der Waals surface area contributed by atoms with Gasteiger partial charge in [-0.3, -0.25) is 14.4 Å². The Hall–Kier alpha value is -4.78. The number of anilines is 2. The number of carbonyl (C=O) groups excluding carboxylic acids is 2. The molecule has 0 atom stereocenters. The second-order valence-corrected chi connectivity index (χ2v) is 16.5. The topological polar surface area (TPSA) is 151 Å². The molecule has 1 saturated heterocycles. The molecule has 7 rings (SSSR count). The number of aryl methyl sites for hydroxylation is 1. The molecule has 2 aliphatic carbocycles. The van der Waals surface area contributed by atoms with E-state index >= 15 is 0 Å². The molecule has 0 bridgehead atoms. The molecule has 2 amide bonds. The van der Waals surface area contributed by atoms with Gasteiger partial charge < -0.3 is 24.8 Å². The highest BCUT2D eigenvalue weighted by Crippen LogP contribution is 3.02. The lowest BCUT2D eigenvalue weighted by Crippen LogP contribution is -2.51. The Morgan fingerprint density at radius 1 is 1.06 bits per heavy atom. The van der Waals surface area contributed by atoms with E-state index < -0.39 is 44.1 Å². The maximum Gasteiger partial charge on any atom is 0.310 e. The Morgan fingerprint density at radius 3 is 2.38 bits per heavy atom. The van der Waals surface area contributed by atoms with E-state index in [1.165, 1.54) is 15.8 Å². The van der Waals surface area contributed by atoms with Crippen LogP contribution in [0.2, 0.25) is 5.02 Å². The fourth-order valence-corrected chi connectivity index (χ4v) is 7.88. The van der Waals surface area contributed by atoms with E-state index in [-0.39, 0.29) is 79.0 Å². The number of allylic oxidation sites excluding steroid dienone is 2. The van der Waals surface area contributed by atoms with Crippen LogP contribution in [0, 0.1) is 12.3 Å². The number of piperazine rings is 1. The highest BCUT2D eigenvalue weighted by atomic mass is 35.5. The number of carbonyl (C=O) groups is 2. The summed E-state index contributed by atoms with van der Waals surface area (Å²) in [6, 6.07) is 0.877. The minimum absolute atomic E-state index is 0.0548. The van der Waals surface area contributed by atoms with Gasteiger partial charge >= 0.3 is 10.2 Å². The van der Waals surface area contributed by atoms with E-state index in [9.17, 15) is 38.9 Å². The molecule has 20 heteroatoms. The van der Waals surface area contributed by atoms with Crippen LogP contribution >= 0.6 is 21.8 Å². The van der Waals surface area contributed by atoms with Crippen molar-refractivity contribution in [2.75, 3.05) is 36.4 Å². The Balaban J connectivity index is 1.23. The van der Waals surface area contributed by atoms with Gasteiger partial charge in [-0.15, -0.1) is 5.10 Å². The van der Waals surface area contributed by atoms with E-state index in [2.05, 4.69) is 26.5 Å². The molecule has 3 aliphatic rings. The number of fused-ring (bicyclic) bond motifs is 1. The summed E-state index contributed by atoms with van der Waals surface area (Å²) in [6.45, 7) is 3.53. The summed E-state index contributed by atoms with van der Waals surface area (Å²) < 4.78 is 69.5. The lowest BCUT2D eigenvalue weighted by atomic mass is 9.87. The molecule has 53 heavy (non-hydrogen) atoms. The maximum absolute atomic E-state index is 14.3. The number of nitrogens with one attached hydrogen (secondary N) is 1. The van der Waals surface area contributed by atoms with Crippen LogP contribution in [0.15, 0.2) is 40.3 Å². The summed E-state index contributed by atoms with van der Waals surface area (Å²) in [5.74, 6) is -1.23. The van der Waals surface area contributed by atoms with Crippen molar-refractivity contribution in [3.8, 4) is 5.75 Å². The van der Waals surface area contributed by atoms with Crippen LogP contribution in [0.3, 0.4) is 0 Å². The van der Waals surface area contributed by atoms with E-state index in [4.69, 9.17) is 16.6 Å². The van der Waals surface area contributed by atoms with Crippen molar-refractivity contribution < 1.29 is 34.1 Å². The van der Waals surface area contributed by atoms with Crippen molar-refractivity contribution in [1.82, 2.24) is 34.0 Å². The van der Waals surface area contributed by atoms with Gasteiger partial charge in [0.2, 0.25) is 11.7 Å². The van der Waals surface area contributed by atoms with Crippen molar-refractivity contribution in [3.63, 3.8) is 0 Å². The summed E-state index contributed by atoms with van der Waals surface area (Å²) >= 11 is 5.95. The van der Waals surface area contributed by atoms with Crippen LogP contribution in [-0.4, -0.2) is 77.1 Å². The molecule has 0 radical (unpaired) electrons. The third-order valence-corrected chi connectivity index (χ3v) is 11.6. The van der Waals surface area contributed by atoms with Gasteiger partial charge in [0.1, 0.15) is 23.5 Å². The second-order valence-electron chi connectivity index (χ2n) is 13.7. The number of aromatic nitrogens is 6. The van der Waals surface area contributed by atoms with Crippen molar-refractivity contribution in [2.24, 2.45) is 5.41 Å². The largest absolute Gasteiger partial charge is 0.504 e. The maximum atomic E-state index is 14.3. The number of benzene rings is 1. The summed E-state index contributed by atoms with van der Waals surface area (Å²) in [4.78, 5) is 54.7. The molecule has 0 unspecified atom stereocenters. The summed E-state index contributed by atoms with van der Waals surface area (Å²) in [6.07, 6.45) is 8.35. The third-order valence-electron chi connectivity index (χ3n) is 10.2. The monoisotopic (exact) mass is 783 g/mol. The fourth-order valence-electron chi connectivity index (χ4n) is 6.92. The number of amides is 2. The van der Waals surface area contributed by atoms with E-state index in [1.807, 2.05) is 0 Å². The molecular weight excluding hydrogens is 749 g/mol. The van der Waals surface area contributed by atoms with Gasteiger partial charge in [-0.1, -0.05) is 44.0 Å². The third kappa shape index (κ3) is 7.03. The van der Waals surface area contributed by atoms with E-state index in [0.29, 0.717) is 29.4 Å². The number of aromatic hydroxyl groups is 1. The average molecular weight is 784 g/mol. The van der Waals surface area contributed by atoms with Crippen LogP contribution < -0.4 is 15.8 Å². The fraction of sp³-hybridized carbons (Fsp3) is 0.424. The normalized spacial score (nSPS) is 18.5. The van der Waals surface area contributed by atoms with E-state index in [0.717, 1.165) is 35.8 Å². The predicted molar refractivity (Wildman–Crippen MR) is 188 cm³/mol. The molecule has 1 spiro atoms. The van der Waals surface area contributed by atoms with Crippen molar-refractivity contribution in [3.05, 3.63) is 68.9 Å². The molecule has 1 aromatic carbocycles. The van der Waals surface area contributed by atoms with Gasteiger partial charge in [-0.2, -0.15) is 9.50 Å². The second kappa shape index (κ2) is 12.1. The quantitative estimate of drug-likeness (QED) is 0.191. The molecule has 1 saturated carbocycles. The van der Waals surface area contributed by atoms with Gasteiger partial charge in [0.05, 0.1) is 22.1 Å². The minimum atomic E-state index is -10.0. The van der Waals surface area contributed by atoms with Gasteiger partial charge in [0.15, 0.2) is 17.3 Å². The van der Waals surface area contributed by atoms with Crippen LogP contribution in [-0.2, 0) is 17.8 Å². The predicted octanol–water partition coefficient (Wildman–Crippen LogP) is 6.52. The molecule has 2 N–H and O–H groups in total. The van der Waals surface area contributed by atoms with Crippen molar-refractivity contribution in [1.29, 1.82) is 0 Å². The van der Waals surface area contributed by atoms with E-state index in [1.54, 1.807) is 18.7 Å². The van der Waals surface area contributed by atoms with Gasteiger partial charge in [0.25, 0.3) is 11.5 Å². The Bertz CT molecular complexity index is 2290. The minimum Gasteiger partial charge on any atom is -0.504 e. The highest BCUT2D eigenvalue weighted by molar-refractivity contribution is 8.45. The molecule has 4 heterocycles. The molecule has 4 aromatic rings. The molecule has 1 aliphatic heterocycles.